The predicted octanol–water partition coefficient (Wildman–Crippen LogP) is 5.94. The Balaban J connectivity index is 1.43. The minimum Gasteiger partial charge on any atom is -0.487 e. The molecule has 0 radical (unpaired) electrons. The highest BCUT2D eigenvalue weighted by atomic mass is 19.2. The lowest BCUT2D eigenvalue weighted by atomic mass is 9.83. The van der Waals surface area contributed by atoms with Crippen LogP contribution in [0.5, 0.6) is 5.75 Å². The van der Waals surface area contributed by atoms with Crippen LogP contribution in [0.15, 0.2) is 83.3 Å². The third-order valence-electron chi connectivity index (χ3n) is 8.87. The largest absolute Gasteiger partial charge is 0.487 e. The second-order valence-corrected chi connectivity index (χ2v) is 11.5. The molecule has 1 aliphatic heterocycles. The van der Waals surface area contributed by atoms with Crippen LogP contribution in [0.3, 0.4) is 0 Å². The summed E-state index contributed by atoms with van der Waals surface area (Å²) in [4.78, 5) is 29.1. The zero-order valence-electron chi connectivity index (χ0n) is 24.2. The molecule has 2 aliphatic carbocycles. The predicted molar refractivity (Wildman–Crippen MR) is 161 cm³/mol. The Morgan fingerprint density at radius 3 is 2.50 bits per heavy atom. The van der Waals surface area contributed by atoms with Gasteiger partial charge in [-0.1, -0.05) is 55.8 Å². The molecular formula is C35H30F3N3O3. The lowest BCUT2D eigenvalue weighted by Crippen LogP contribution is -2.62. The maximum Gasteiger partial charge on any atom is 0.277 e. The molecule has 0 spiro atoms. The Kier molecular flexibility index (Phi) is 6.83. The van der Waals surface area contributed by atoms with Gasteiger partial charge in [0.15, 0.2) is 23.1 Å². The number of ether oxygens (including phenoxy) is 1. The van der Waals surface area contributed by atoms with Crippen LogP contribution in [0.4, 0.5) is 13.2 Å². The number of nitrogens with zero attached hydrogens (tertiary/aromatic N) is 3. The van der Waals surface area contributed by atoms with E-state index >= 15 is 4.39 Å². The fourth-order valence-corrected chi connectivity index (χ4v) is 6.80. The van der Waals surface area contributed by atoms with E-state index in [2.05, 4.69) is 0 Å². The van der Waals surface area contributed by atoms with Gasteiger partial charge in [0.2, 0.25) is 5.43 Å². The minimum absolute atomic E-state index is 0.0425. The number of aromatic nitrogens is 1. The van der Waals surface area contributed by atoms with Gasteiger partial charge in [-0.3, -0.25) is 19.3 Å². The summed E-state index contributed by atoms with van der Waals surface area (Å²) in [5.74, 6) is -2.65. The summed E-state index contributed by atoms with van der Waals surface area (Å²) in [7, 11) is 0. The molecule has 3 aliphatic rings. The molecule has 2 heterocycles. The first-order chi connectivity index (χ1) is 21.3. The summed E-state index contributed by atoms with van der Waals surface area (Å²) in [6.07, 6.45) is 5.97. The van der Waals surface area contributed by atoms with Crippen LogP contribution in [-0.4, -0.2) is 35.3 Å². The smallest absolute Gasteiger partial charge is 0.277 e. The summed E-state index contributed by atoms with van der Waals surface area (Å²) in [5, 5.41) is 1.96. The molecule has 1 amide bonds. The second kappa shape index (κ2) is 10.7. The third kappa shape index (κ3) is 4.24. The number of amides is 1. The molecule has 1 unspecified atom stereocenters. The first-order valence-electron chi connectivity index (χ1n) is 14.8. The lowest BCUT2D eigenvalue weighted by molar-refractivity contribution is 0.0667. The van der Waals surface area contributed by atoms with Gasteiger partial charge in [0, 0.05) is 18.8 Å². The van der Waals surface area contributed by atoms with E-state index in [1.165, 1.54) is 30.3 Å². The van der Waals surface area contributed by atoms with Crippen LogP contribution >= 0.6 is 0 Å². The number of pyridine rings is 1. The van der Waals surface area contributed by atoms with Crippen molar-refractivity contribution < 1.29 is 22.7 Å². The Bertz CT molecular complexity index is 1880. The van der Waals surface area contributed by atoms with Crippen LogP contribution < -0.4 is 15.2 Å². The number of benzene rings is 3. The minimum atomic E-state index is -1.08. The van der Waals surface area contributed by atoms with Gasteiger partial charge in [0.05, 0.1) is 6.61 Å². The standard InChI is InChI=1S/C35H30F3N3O3/c1-2-3-16-44-33-31(42)13-15-40-32(33)34(43)39(14-12-22-8-10-26(36)11-9-22)21-41(40)35-25(17-23-6-4-5-7-27(23)35)18-24-19-29(37)30(38)20-28(24)35/h4-11,13,15,17,19-20H,2-3,12,14,16,18,21H2,1H3. The number of halogens is 3. The molecule has 0 bridgehead atoms. The Morgan fingerprint density at radius 1 is 0.932 bits per heavy atom. The summed E-state index contributed by atoms with van der Waals surface area (Å²) in [6.45, 7) is 2.61. The highest BCUT2D eigenvalue weighted by Gasteiger charge is 2.55. The van der Waals surface area contributed by atoms with Gasteiger partial charge in [-0.25, -0.2) is 13.2 Å². The number of hydrogen-bond acceptors (Lipinski definition) is 4. The number of carbonyl (C=O) groups excluding carboxylic acids is 1. The fourth-order valence-electron chi connectivity index (χ4n) is 6.80. The first kappa shape index (κ1) is 28.0. The van der Waals surface area contributed by atoms with Gasteiger partial charge in [-0.15, -0.1) is 0 Å². The van der Waals surface area contributed by atoms with Crippen molar-refractivity contribution in [3.05, 3.63) is 140 Å². The SMILES string of the molecule is CCCCOc1c2n(ccc1=O)N(C13C(=Cc4ccccc41)Cc1cc(F)c(F)cc13)CN(CCc1ccc(F)cc1)C2=O. The Morgan fingerprint density at radius 2 is 1.70 bits per heavy atom. The van der Waals surface area contributed by atoms with E-state index in [4.69, 9.17) is 4.74 Å². The summed E-state index contributed by atoms with van der Waals surface area (Å²) in [6, 6.07) is 17.8. The topological polar surface area (TPSA) is 54.8 Å². The van der Waals surface area contributed by atoms with E-state index in [0.29, 0.717) is 30.4 Å². The van der Waals surface area contributed by atoms with Gasteiger partial charge in [-0.2, -0.15) is 0 Å². The zero-order chi connectivity index (χ0) is 30.6. The number of fused-ring (bicyclic) bond motifs is 6. The molecule has 6 nitrogen and oxygen atoms in total. The van der Waals surface area contributed by atoms with E-state index in [0.717, 1.165) is 28.7 Å². The van der Waals surface area contributed by atoms with Gasteiger partial charge < -0.3 is 9.64 Å². The Hall–Kier alpha value is -4.79. The maximum absolute atomic E-state index is 15.0. The van der Waals surface area contributed by atoms with Crippen molar-refractivity contribution in [1.82, 2.24) is 9.58 Å². The molecule has 4 aromatic rings. The molecule has 224 valence electrons. The fraction of sp³-hybridized carbons (Fsp3) is 0.257. The maximum atomic E-state index is 15.0. The van der Waals surface area contributed by atoms with E-state index in [1.807, 2.05) is 42.3 Å². The van der Waals surface area contributed by atoms with E-state index < -0.39 is 22.6 Å². The molecule has 0 saturated carbocycles. The van der Waals surface area contributed by atoms with Gasteiger partial charge >= 0.3 is 0 Å². The number of unbranched alkanes of at least 4 members (excludes halogenated alkanes) is 1. The molecule has 0 fully saturated rings. The third-order valence-corrected chi connectivity index (χ3v) is 8.87. The van der Waals surface area contributed by atoms with Crippen molar-refractivity contribution in [3.63, 3.8) is 0 Å². The zero-order valence-corrected chi connectivity index (χ0v) is 24.2. The van der Waals surface area contributed by atoms with Gasteiger partial charge in [-0.05, 0) is 76.9 Å². The van der Waals surface area contributed by atoms with Crippen molar-refractivity contribution in [2.75, 3.05) is 24.8 Å². The van der Waals surface area contributed by atoms with Crippen LogP contribution in [-0.2, 0) is 18.4 Å². The van der Waals surface area contributed by atoms with Crippen LogP contribution in [0.25, 0.3) is 6.08 Å². The second-order valence-electron chi connectivity index (χ2n) is 11.5. The average molecular weight is 598 g/mol. The van der Waals surface area contributed by atoms with Crippen LogP contribution in [0.2, 0.25) is 0 Å². The molecule has 1 aromatic heterocycles. The van der Waals surface area contributed by atoms with Crippen molar-refractivity contribution in [3.8, 4) is 5.75 Å². The first-order valence-corrected chi connectivity index (χ1v) is 14.8. The number of rotatable bonds is 8. The monoisotopic (exact) mass is 597 g/mol. The number of carbonyl (C=O) groups is 1. The normalized spacial score (nSPS) is 18.1. The van der Waals surface area contributed by atoms with E-state index in [-0.39, 0.29) is 43.0 Å². The molecule has 7 rings (SSSR count). The molecule has 3 aromatic carbocycles. The van der Waals surface area contributed by atoms with Gasteiger partial charge in [0.1, 0.15) is 18.0 Å². The molecule has 0 saturated heterocycles. The average Bonchev–Trinajstić information content (AvgIpc) is 3.50. The van der Waals surface area contributed by atoms with Gasteiger partial charge in [0.25, 0.3) is 5.91 Å². The summed E-state index contributed by atoms with van der Waals surface area (Å²) >= 11 is 0. The van der Waals surface area contributed by atoms with Crippen molar-refractivity contribution in [2.24, 2.45) is 0 Å². The lowest BCUT2D eigenvalue weighted by Gasteiger charge is -2.49. The van der Waals surface area contributed by atoms with Crippen molar-refractivity contribution in [2.45, 2.75) is 38.1 Å². The molecule has 1 atom stereocenters. The van der Waals surface area contributed by atoms with Crippen LogP contribution in [0, 0.1) is 17.5 Å². The van der Waals surface area contributed by atoms with Crippen molar-refractivity contribution >= 4 is 12.0 Å². The Labute approximate surface area is 252 Å². The molecular weight excluding hydrogens is 567 g/mol. The highest BCUT2D eigenvalue weighted by molar-refractivity contribution is 5.96. The summed E-state index contributed by atoms with van der Waals surface area (Å²) in [5.41, 5.74) is 3.37. The molecule has 9 heteroatoms. The van der Waals surface area contributed by atoms with Crippen LogP contribution in [0.1, 0.15) is 58.1 Å². The van der Waals surface area contributed by atoms with E-state index in [9.17, 15) is 18.4 Å². The molecule has 44 heavy (non-hydrogen) atoms. The highest BCUT2D eigenvalue weighted by Crippen LogP contribution is 2.55. The molecule has 0 N–H and O–H groups in total. The number of hydrogen-bond donors (Lipinski definition) is 0. The quantitative estimate of drug-likeness (QED) is 0.236. The van der Waals surface area contributed by atoms with E-state index in [1.54, 1.807) is 27.9 Å². The summed E-state index contributed by atoms with van der Waals surface area (Å²) < 4.78 is 50.8. The van der Waals surface area contributed by atoms with Crippen molar-refractivity contribution in [1.29, 1.82) is 0 Å².